The smallest absolute Gasteiger partial charge is 0.300 e. The average Bonchev–Trinajstić information content (AvgIpc) is 2.24. The van der Waals surface area contributed by atoms with E-state index in [1.165, 1.54) is 0 Å². The van der Waals surface area contributed by atoms with Crippen LogP contribution in [-0.2, 0) is 11.2 Å². The van der Waals surface area contributed by atoms with Crippen molar-refractivity contribution in [1.82, 2.24) is 0 Å². The fraction of sp³-hybridized carbons (Fsp3) is 0.462. The Morgan fingerprint density at radius 3 is 2.41 bits per heavy atom. The van der Waals surface area contributed by atoms with Crippen LogP contribution in [0.4, 0.5) is 13.2 Å². The summed E-state index contributed by atoms with van der Waals surface area (Å²) in [5.41, 5.74) is 2.09. The van der Waals surface area contributed by atoms with Crippen LogP contribution in [0.5, 0.6) is 0 Å². The highest BCUT2D eigenvalue weighted by Crippen LogP contribution is 2.22. The summed E-state index contributed by atoms with van der Waals surface area (Å²) in [4.78, 5) is 11.3. The van der Waals surface area contributed by atoms with Crippen LogP contribution in [0.15, 0.2) is 24.3 Å². The number of Topliss-reactive ketones (excluding diaryl/α,β-unsaturated/α-hetero) is 1. The molecule has 0 unspecified atom stereocenters. The van der Waals surface area contributed by atoms with E-state index in [0.29, 0.717) is 6.42 Å². The molecule has 0 spiro atoms. The van der Waals surface area contributed by atoms with Crippen molar-refractivity contribution in [3.8, 4) is 0 Å². The van der Waals surface area contributed by atoms with Crippen LogP contribution in [0, 0.1) is 6.92 Å². The van der Waals surface area contributed by atoms with Crippen LogP contribution in [-0.4, -0.2) is 12.0 Å². The highest BCUT2D eigenvalue weighted by Gasteiger charge is 2.27. The van der Waals surface area contributed by atoms with Crippen LogP contribution >= 0.6 is 0 Å². The molecule has 1 aromatic rings. The van der Waals surface area contributed by atoms with Crippen LogP contribution in [0.3, 0.4) is 0 Å². The van der Waals surface area contributed by atoms with Crippen molar-refractivity contribution in [1.29, 1.82) is 0 Å². The predicted octanol–water partition coefficient (Wildman–Crippen LogP) is 3.84. The number of alkyl halides is 3. The van der Waals surface area contributed by atoms with Gasteiger partial charge in [0, 0.05) is 12.8 Å². The molecule has 0 N–H and O–H groups in total. The molecule has 17 heavy (non-hydrogen) atoms. The van der Waals surface area contributed by atoms with Gasteiger partial charge >= 0.3 is 6.18 Å². The van der Waals surface area contributed by atoms with Gasteiger partial charge in [0.2, 0.25) is 0 Å². The fourth-order valence-electron chi connectivity index (χ4n) is 1.57. The second-order valence-corrected chi connectivity index (χ2v) is 4.08. The fourth-order valence-corrected chi connectivity index (χ4v) is 1.57. The summed E-state index contributed by atoms with van der Waals surface area (Å²) in [7, 11) is 0. The molecule has 0 aromatic heterocycles. The Bertz CT molecular complexity index is 382. The lowest BCUT2D eigenvalue weighted by atomic mass is 10.0. The first-order valence-electron chi connectivity index (χ1n) is 5.51. The van der Waals surface area contributed by atoms with Crippen molar-refractivity contribution in [3.63, 3.8) is 0 Å². The molecule has 0 saturated carbocycles. The van der Waals surface area contributed by atoms with Crippen molar-refractivity contribution in [3.05, 3.63) is 35.4 Å². The first-order chi connectivity index (χ1) is 7.88. The summed E-state index contributed by atoms with van der Waals surface area (Å²) in [6.45, 7) is 1.93. The van der Waals surface area contributed by atoms with Crippen LogP contribution < -0.4 is 0 Å². The van der Waals surface area contributed by atoms with Gasteiger partial charge in [-0.1, -0.05) is 24.3 Å². The second kappa shape index (κ2) is 5.84. The first kappa shape index (κ1) is 13.7. The summed E-state index contributed by atoms with van der Waals surface area (Å²) in [5.74, 6) is -0.328. The molecule has 0 amide bonds. The third-order valence-electron chi connectivity index (χ3n) is 2.62. The van der Waals surface area contributed by atoms with Crippen LogP contribution in [0.25, 0.3) is 0 Å². The largest absolute Gasteiger partial charge is 0.389 e. The number of aryl methyl sites for hydroxylation is 2. The minimum atomic E-state index is -4.24. The van der Waals surface area contributed by atoms with Gasteiger partial charge in [-0.25, -0.2) is 0 Å². The number of carbonyl (C=O) groups excluding carboxylic acids is 1. The van der Waals surface area contributed by atoms with Gasteiger partial charge in [0.05, 0.1) is 6.42 Å². The molecule has 0 aliphatic heterocycles. The topological polar surface area (TPSA) is 17.1 Å². The summed E-state index contributed by atoms with van der Waals surface area (Å²) in [6.07, 6.45) is -4.96. The van der Waals surface area contributed by atoms with Crippen molar-refractivity contribution in [2.24, 2.45) is 0 Å². The lowest BCUT2D eigenvalue weighted by Crippen LogP contribution is -2.11. The Morgan fingerprint density at radius 2 is 1.82 bits per heavy atom. The summed E-state index contributed by atoms with van der Waals surface area (Å²) < 4.78 is 35.7. The average molecular weight is 244 g/mol. The van der Waals surface area contributed by atoms with E-state index in [2.05, 4.69) is 0 Å². The zero-order valence-electron chi connectivity index (χ0n) is 9.68. The molecular weight excluding hydrogens is 229 g/mol. The third kappa shape index (κ3) is 5.52. The van der Waals surface area contributed by atoms with Gasteiger partial charge in [-0.05, 0) is 24.5 Å². The molecule has 94 valence electrons. The Kier molecular flexibility index (Phi) is 4.73. The Morgan fingerprint density at radius 1 is 1.18 bits per heavy atom. The molecule has 4 heteroatoms. The number of ketones is 1. The molecule has 0 radical (unpaired) electrons. The van der Waals surface area contributed by atoms with Gasteiger partial charge in [-0.3, -0.25) is 4.79 Å². The summed E-state index contributed by atoms with van der Waals surface area (Å²) in [5, 5.41) is 0. The maximum atomic E-state index is 11.9. The molecule has 1 aromatic carbocycles. The SMILES string of the molecule is Cc1ccccc1CCC(=O)CCC(F)(F)F. The van der Waals surface area contributed by atoms with Crippen molar-refractivity contribution < 1.29 is 18.0 Å². The lowest BCUT2D eigenvalue weighted by Gasteiger charge is -2.06. The molecule has 0 aliphatic carbocycles. The Hall–Kier alpha value is -1.32. The van der Waals surface area contributed by atoms with Gasteiger partial charge in [-0.2, -0.15) is 13.2 Å². The van der Waals surface area contributed by atoms with E-state index in [1.54, 1.807) is 0 Å². The highest BCUT2D eigenvalue weighted by atomic mass is 19.4. The number of hydrogen-bond donors (Lipinski definition) is 0. The maximum Gasteiger partial charge on any atom is 0.389 e. The molecule has 0 saturated heterocycles. The number of hydrogen-bond acceptors (Lipinski definition) is 1. The van der Waals surface area contributed by atoms with Crippen molar-refractivity contribution in [2.75, 3.05) is 0 Å². The van der Waals surface area contributed by atoms with Crippen molar-refractivity contribution in [2.45, 2.75) is 38.8 Å². The minimum absolute atomic E-state index is 0.181. The highest BCUT2D eigenvalue weighted by molar-refractivity contribution is 5.78. The van der Waals surface area contributed by atoms with Crippen LogP contribution in [0.1, 0.15) is 30.4 Å². The van der Waals surface area contributed by atoms with E-state index in [1.807, 2.05) is 31.2 Å². The lowest BCUT2D eigenvalue weighted by molar-refractivity contribution is -0.143. The number of carbonyl (C=O) groups is 1. The molecule has 0 fully saturated rings. The number of benzene rings is 1. The quantitative estimate of drug-likeness (QED) is 0.769. The number of rotatable bonds is 5. The summed E-state index contributed by atoms with van der Waals surface area (Å²) >= 11 is 0. The van der Waals surface area contributed by atoms with Crippen molar-refractivity contribution >= 4 is 5.78 Å². The van der Waals surface area contributed by atoms with E-state index >= 15 is 0 Å². The molecule has 0 heterocycles. The van der Waals surface area contributed by atoms with E-state index in [0.717, 1.165) is 11.1 Å². The van der Waals surface area contributed by atoms with Gasteiger partial charge in [0.15, 0.2) is 0 Å². The maximum absolute atomic E-state index is 11.9. The molecular formula is C13H15F3O. The van der Waals surface area contributed by atoms with E-state index in [-0.39, 0.29) is 12.2 Å². The Labute approximate surface area is 98.6 Å². The van der Waals surface area contributed by atoms with Gasteiger partial charge < -0.3 is 0 Å². The zero-order valence-corrected chi connectivity index (χ0v) is 9.68. The minimum Gasteiger partial charge on any atom is -0.300 e. The monoisotopic (exact) mass is 244 g/mol. The van der Waals surface area contributed by atoms with Crippen LogP contribution in [0.2, 0.25) is 0 Å². The molecule has 0 atom stereocenters. The molecule has 1 rings (SSSR count). The standard InChI is InChI=1S/C13H15F3O/c1-10-4-2-3-5-11(10)6-7-12(17)8-9-13(14,15)16/h2-5H,6-9H2,1H3. The third-order valence-corrected chi connectivity index (χ3v) is 2.62. The first-order valence-corrected chi connectivity index (χ1v) is 5.51. The van der Waals surface area contributed by atoms with Gasteiger partial charge in [-0.15, -0.1) is 0 Å². The molecule has 0 bridgehead atoms. The normalized spacial score (nSPS) is 11.5. The summed E-state index contributed by atoms with van der Waals surface area (Å²) in [6, 6.07) is 7.58. The van der Waals surface area contributed by atoms with E-state index in [4.69, 9.17) is 0 Å². The molecule has 0 aliphatic rings. The predicted molar refractivity (Wildman–Crippen MR) is 59.8 cm³/mol. The Balaban J connectivity index is 2.36. The zero-order chi connectivity index (χ0) is 12.9. The number of halogens is 3. The molecule has 1 nitrogen and oxygen atoms in total. The van der Waals surface area contributed by atoms with Gasteiger partial charge in [0.25, 0.3) is 0 Å². The van der Waals surface area contributed by atoms with E-state index in [9.17, 15) is 18.0 Å². The van der Waals surface area contributed by atoms with E-state index < -0.39 is 19.0 Å². The second-order valence-electron chi connectivity index (χ2n) is 4.08. The van der Waals surface area contributed by atoms with Gasteiger partial charge in [0.1, 0.15) is 5.78 Å².